The number of benzene rings is 1. The van der Waals surface area contributed by atoms with E-state index in [2.05, 4.69) is 28.6 Å². The summed E-state index contributed by atoms with van der Waals surface area (Å²) in [7, 11) is 0. The monoisotopic (exact) mass is 339 g/mol. The highest BCUT2D eigenvalue weighted by Gasteiger charge is 2.31. The number of hydrogen-bond acceptors (Lipinski definition) is 2. The van der Waals surface area contributed by atoms with Crippen molar-refractivity contribution < 1.29 is 4.79 Å². The Balaban J connectivity index is 2.44. The van der Waals surface area contributed by atoms with Crippen LogP contribution in [0.1, 0.15) is 6.42 Å². The summed E-state index contributed by atoms with van der Waals surface area (Å²) in [6.45, 7) is 0.545. The standard InChI is InChI=1S/C10H8BrCl2NOS/c11-5-1-7(12)10(8(13)2-5)14-4-6(16)3-9(14)15/h1-2,6,16H,3-4H2. The Morgan fingerprint density at radius 2 is 1.94 bits per heavy atom. The summed E-state index contributed by atoms with van der Waals surface area (Å²) in [6.07, 6.45) is 0.422. The van der Waals surface area contributed by atoms with Gasteiger partial charge < -0.3 is 4.90 Å². The van der Waals surface area contributed by atoms with Gasteiger partial charge in [-0.2, -0.15) is 12.6 Å². The van der Waals surface area contributed by atoms with Crippen molar-refractivity contribution in [2.24, 2.45) is 0 Å². The van der Waals surface area contributed by atoms with E-state index in [1.165, 1.54) is 0 Å². The first kappa shape index (κ1) is 12.6. The molecule has 1 amide bonds. The van der Waals surface area contributed by atoms with Crippen LogP contribution in [0.15, 0.2) is 16.6 Å². The number of carbonyl (C=O) groups is 1. The first-order chi connectivity index (χ1) is 7.49. The molecule has 1 fully saturated rings. The van der Waals surface area contributed by atoms with E-state index in [-0.39, 0.29) is 11.2 Å². The Hall–Kier alpha value is 0.1000. The molecule has 1 unspecified atom stereocenters. The van der Waals surface area contributed by atoms with Gasteiger partial charge in [-0.1, -0.05) is 39.1 Å². The van der Waals surface area contributed by atoms with Crippen LogP contribution in [-0.4, -0.2) is 17.7 Å². The molecule has 1 aromatic carbocycles. The van der Waals surface area contributed by atoms with Gasteiger partial charge in [-0.25, -0.2) is 0 Å². The third-order valence-electron chi connectivity index (χ3n) is 2.36. The second-order valence-corrected chi connectivity index (χ2v) is 6.04. The third kappa shape index (κ3) is 2.35. The van der Waals surface area contributed by atoms with Crippen LogP contribution in [0.25, 0.3) is 0 Å². The van der Waals surface area contributed by atoms with Gasteiger partial charge in [0.1, 0.15) is 0 Å². The molecule has 2 nitrogen and oxygen atoms in total. The number of anilines is 1. The quantitative estimate of drug-likeness (QED) is 0.771. The van der Waals surface area contributed by atoms with Crippen LogP contribution in [0.3, 0.4) is 0 Å². The molecule has 1 aliphatic heterocycles. The molecule has 1 aliphatic rings. The van der Waals surface area contributed by atoms with Gasteiger partial charge in [0.15, 0.2) is 0 Å². The zero-order chi connectivity index (χ0) is 11.9. The van der Waals surface area contributed by atoms with Gasteiger partial charge in [-0.15, -0.1) is 0 Å². The van der Waals surface area contributed by atoms with E-state index >= 15 is 0 Å². The van der Waals surface area contributed by atoms with E-state index in [1.807, 2.05) is 0 Å². The number of nitrogens with zero attached hydrogens (tertiary/aromatic N) is 1. The van der Waals surface area contributed by atoms with Crippen molar-refractivity contribution in [2.75, 3.05) is 11.4 Å². The summed E-state index contributed by atoms with van der Waals surface area (Å²) in [5, 5.41) is 0.980. The fraction of sp³-hybridized carbons (Fsp3) is 0.300. The van der Waals surface area contributed by atoms with E-state index in [1.54, 1.807) is 17.0 Å². The van der Waals surface area contributed by atoms with Crippen LogP contribution in [0.2, 0.25) is 10.0 Å². The Bertz CT molecular complexity index is 431. The van der Waals surface area contributed by atoms with Crippen molar-refractivity contribution >= 4 is 63.4 Å². The highest BCUT2D eigenvalue weighted by Crippen LogP contribution is 2.39. The largest absolute Gasteiger partial charge is 0.308 e. The van der Waals surface area contributed by atoms with Crippen molar-refractivity contribution in [3.05, 3.63) is 26.7 Å². The molecule has 16 heavy (non-hydrogen) atoms. The molecule has 0 N–H and O–H groups in total. The molecule has 1 saturated heterocycles. The van der Waals surface area contributed by atoms with Gasteiger partial charge in [0, 0.05) is 22.7 Å². The Labute approximate surface area is 117 Å². The Morgan fingerprint density at radius 3 is 2.38 bits per heavy atom. The van der Waals surface area contributed by atoms with Gasteiger partial charge in [-0.3, -0.25) is 4.79 Å². The van der Waals surface area contributed by atoms with Gasteiger partial charge in [0.25, 0.3) is 0 Å². The van der Waals surface area contributed by atoms with E-state index in [4.69, 9.17) is 23.2 Å². The predicted molar refractivity (Wildman–Crippen MR) is 73.9 cm³/mol. The summed E-state index contributed by atoms with van der Waals surface area (Å²) in [5.74, 6) is 0.00567. The van der Waals surface area contributed by atoms with Crippen LogP contribution in [0.5, 0.6) is 0 Å². The molecule has 1 aromatic rings. The van der Waals surface area contributed by atoms with Crippen molar-refractivity contribution in [1.29, 1.82) is 0 Å². The molecule has 0 aromatic heterocycles. The SMILES string of the molecule is O=C1CC(S)CN1c1c(Cl)cc(Br)cc1Cl. The van der Waals surface area contributed by atoms with Crippen molar-refractivity contribution in [3.63, 3.8) is 0 Å². The van der Waals surface area contributed by atoms with Gasteiger partial charge in [0.2, 0.25) is 5.91 Å². The summed E-state index contributed by atoms with van der Waals surface area (Å²) in [5.41, 5.74) is 0.577. The van der Waals surface area contributed by atoms with Gasteiger partial charge >= 0.3 is 0 Å². The van der Waals surface area contributed by atoms with E-state index in [0.29, 0.717) is 28.7 Å². The molecule has 6 heteroatoms. The summed E-state index contributed by atoms with van der Waals surface area (Å²) in [6, 6.07) is 3.45. The average Bonchev–Trinajstić information content (AvgIpc) is 2.43. The number of halogens is 3. The van der Waals surface area contributed by atoms with Crippen LogP contribution in [0, 0.1) is 0 Å². The van der Waals surface area contributed by atoms with Crippen molar-refractivity contribution in [2.45, 2.75) is 11.7 Å². The fourth-order valence-corrected chi connectivity index (χ4v) is 3.43. The first-order valence-corrected chi connectivity index (χ1v) is 6.68. The average molecular weight is 341 g/mol. The molecule has 2 rings (SSSR count). The Morgan fingerprint density at radius 1 is 1.38 bits per heavy atom. The maximum Gasteiger partial charge on any atom is 0.228 e. The molecule has 0 radical (unpaired) electrons. The zero-order valence-corrected chi connectivity index (χ0v) is 12.1. The van der Waals surface area contributed by atoms with Crippen molar-refractivity contribution in [1.82, 2.24) is 0 Å². The minimum absolute atomic E-state index is 0.00567. The van der Waals surface area contributed by atoms with Crippen LogP contribution in [0.4, 0.5) is 5.69 Å². The maximum absolute atomic E-state index is 11.7. The molecule has 1 atom stereocenters. The maximum atomic E-state index is 11.7. The lowest BCUT2D eigenvalue weighted by Crippen LogP contribution is -2.25. The molecular weight excluding hydrogens is 333 g/mol. The summed E-state index contributed by atoms with van der Waals surface area (Å²) >= 11 is 19.8. The minimum atomic E-state index is 0.00567. The Kier molecular flexibility index (Phi) is 3.74. The normalized spacial score (nSPS) is 20.6. The molecule has 86 valence electrons. The number of carbonyl (C=O) groups excluding carboxylic acids is 1. The van der Waals surface area contributed by atoms with Crippen LogP contribution in [-0.2, 0) is 4.79 Å². The molecule has 0 spiro atoms. The molecule has 0 saturated carbocycles. The first-order valence-electron chi connectivity index (χ1n) is 4.62. The third-order valence-corrected chi connectivity index (χ3v) is 3.74. The molecular formula is C10H8BrCl2NOS. The minimum Gasteiger partial charge on any atom is -0.308 e. The highest BCUT2D eigenvalue weighted by atomic mass is 79.9. The smallest absolute Gasteiger partial charge is 0.228 e. The lowest BCUT2D eigenvalue weighted by atomic mass is 10.3. The lowest BCUT2D eigenvalue weighted by Gasteiger charge is -2.19. The predicted octanol–water partition coefficient (Wildman–Crippen LogP) is 3.79. The number of hydrogen-bond donors (Lipinski definition) is 1. The van der Waals surface area contributed by atoms with E-state index in [9.17, 15) is 4.79 Å². The summed E-state index contributed by atoms with van der Waals surface area (Å²) < 4.78 is 0.792. The van der Waals surface area contributed by atoms with Crippen LogP contribution >= 0.6 is 51.8 Å². The highest BCUT2D eigenvalue weighted by molar-refractivity contribution is 9.10. The number of rotatable bonds is 1. The summed E-state index contributed by atoms with van der Waals surface area (Å²) in [4.78, 5) is 13.3. The zero-order valence-electron chi connectivity index (χ0n) is 8.08. The number of thiol groups is 1. The lowest BCUT2D eigenvalue weighted by molar-refractivity contribution is -0.117. The molecule has 0 aliphatic carbocycles. The fourth-order valence-electron chi connectivity index (χ4n) is 1.70. The van der Waals surface area contributed by atoms with E-state index in [0.717, 1.165) is 4.47 Å². The van der Waals surface area contributed by atoms with Gasteiger partial charge in [-0.05, 0) is 12.1 Å². The molecule has 0 bridgehead atoms. The second-order valence-electron chi connectivity index (χ2n) is 3.58. The van der Waals surface area contributed by atoms with Crippen LogP contribution < -0.4 is 4.90 Å². The number of amides is 1. The topological polar surface area (TPSA) is 20.3 Å². The second kappa shape index (κ2) is 4.77. The van der Waals surface area contributed by atoms with Crippen molar-refractivity contribution in [3.8, 4) is 0 Å². The van der Waals surface area contributed by atoms with E-state index < -0.39 is 0 Å². The van der Waals surface area contributed by atoms with Gasteiger partial charge in [0.05, 0.1) is 15.7 Å². The molecule has 1 heterocycles.